The fourth-order valence-corrected chi connectivity index (χ4v) is 4.76. The maximum absolute atomic E-state index is 13.7. The van der Waals surface area contributed by atoms with Gasteiger partial charge in [0.15, 0.2) is 25.8 Å². The fourth-order valence-electron chi connectivity index (χ4n) is 3.33. The van der Waals surface area contributed by atoms with Crippen molar-refractivity contribution in [3.8, 4) is 11.3 Å². The van der Waals surface area contributed by atoms with E-state index in [1.165, 1.54) is 6.07 Å². The molecule has 6 nitrogen and oxygen atoms in total. The van der Waals surface area contributed by atoms with Gasteiger partial charge in [0.1, 0.15) is 0 Å². The van der Waals surface area contributed by atoms with Crippen molar-refractivity contribution in [1.29, 1.82) is 0 Å². The standard InChI is InChI=1S/C25H34F2N4O2Si/c1-7-20(33-34(5,6)25(2,3)4)15-31-23(17-10-11-28-19(12-17)16-32)14-24(30-31)29-18-8-9-21(26)22(27)13-18/h8-14,20,32H,7,15-16H2,1-6H3,(H,29,30). The maximum Gasteiger partial charge on any atom is 0.192 e. The topological polar surface area (TPSA) is 72.2 Å². The maximum atomic E-state index is 13.7. The number of nitrogens with one attached hydrogen (secondary N) is 1. The first-order valence-corrected chi connectivity index (χ1v) is 14.4. The van der Waals surface area contributed by atoms with E-state index in [1.54, 1.807) is 6.20 Å². The van der Waals surface area contributed by atoms with E-state index >= 15 is 0 Å². The summed E-state index contributed by atoms with van der Waals surface area (Å²) in [6, 6.07) is 9.14. The summed E-state index contributed by atoms with van der Waals surface area (Å²) in [6.07, 6.45) is 2.41. The van der Waals surface area contributed by atoms with Crippen molar-refractivity contribution in [3.63, 3.8) is 0 Å². The molecule has 0 bridgehead atoms. The van der Waals surface area contributed by atoms with Crippen LogP contribution in [-0.2, 0) is 17.6 Å². The monoisotopic (exact) mass is 488 g/mol. The zero-order valence-corrected chi connectivity index (χ0v) is 21.7. The number of anilines is 2. The second kappa shape index (κ2) is 10.3. The Balaban J connectivity index is 1.96. The van der Waals surface area contributed by atoms with Crippen LogP contribution in [0.2, 0.25) is 18.1 Å². The SMILES string of the molecule is CCC(Cn1nc(Nc2ccc(F)c(F)c2)cc1-c1ccnc(CO)c1)O[Si](C)(C)C(C)(C)C. The lowest BCUT2D eigenvalue weighted by Gasteiger charge is -2.39. The van der Waals surface area contributed by atoms with Gasteiger partial charge in [-0.2, -0.15) is 5.10 Å². The van der Waals surface area contributed by atoms with E-state index in [2.05, 4.69) is 51.1 Å². The van der Waals surface area contributed by atoms with E-state index in [9.17, 15) is 13.9 Å². The Kier molecular flexibility index (Phi) is 7.90. The van der Waals surface area contributed by atoms with Gasteiger partial charge >= 0.3 is 0 Å². The molecule has 2 aromatic heterocycles. The number of rotatable bonds is 9. The highest BCUT2D eigenvalue weighted by Gasteiger charge is 2.39. The normalized spacial score (nSPS) is 13.2. The number of hydrogen-bond acceptors (Lipinski definition) is 5. The molecule has 0 aliphatic carbocycles. The minimum absolute atomic E-state index is 0.0465. The average Bonchev–Trinajstić information content (AvgIpc) is 3.17. The quantitative estimate of drug-likeness (QED) is 0.348. The zero-order chi connectivity index (χ0) is 25.1. The molecule has 0 saturated heterocycles. The first-order chi connectivity index (χ1) is 15.9. The molecule has 0 saturated carbocycles. The van der Waals surface area contributed by atoms with Crippen molar-refractivity contribution >= 4 is 19.8 Å². The molecular formula is C25H34F2N4O2Si. The Morgan fingerprint density at radius 1 is 1.12 bits per heavy atom. The van der Waals surface area contributed by atoms with Gasteiger partial charge in [0, 0.05) is 29.6 Å². The molecule has 1 atom stereocenters. The van der Waals surface area contributed by atoms with Crippen molar-refractivity contribution in [2.24, 2.45) is 0 Å². The first-order valence-electron chi connectivity index (χ1n) is 11.5. The number of aliphatic hydroxyl groups excluding tert-OH is 1. The van der Waals surface area contributed by atoms with Gasteiger partial charge in [-0.25, -0.2) is 8.78 Å². The molecule has 2 heterocycles. The van der Waals surface area contributed by atoms with Crippen molar-refractivity contribution in [2.75, 3.05) is 5.32 Å². The highest BCUT2D eigenvalue weighted by atomic mass is 28.4. The van der Waals surface area contributed by atoms with Crippen molar-refractivity contribution < 1.29 is 18.3 Å². The molecule has 0 spiro atoms. The number of hydrogen-bond donors (Lipinski definition) is 2. The van der Waals surface area contributed by atoms with Crippen molar-refractivity contribution in [2.45, 2.75) is 71.5 Å². The minimum atomic E-state index is -2.00. The lowest BCUT2D eigenvalue weighted by Crippen LogP contribution is -2.44. The highest BCUT2D eigenvalue weighted by Crippen LogP contribution is 2.38. The molecule has 1 unspecified atom stereocenters. The molecule has 0 aliphatic heterocycles. The third-order valence-corrected chi connectivity index (χ3v) is 10.9. The Labute approximate surface area is 201 Å². The molecule has 9 heteroatoms. The van der Waals surface area contributed by atoms with Crippen LogP contribution in [0.4, 0.5) is 20.3 Å². The summed E-state index contributed by atoms with van der Waals surface area (Å²) in [7, 11) is -2.00. The van der Waals surface area contributed by atoms with Crippen LogP contribution in [0.15, 0.2) is 42.6 Å². The summed E-state index contributed by atoms with van der Waals surface area (Å²) in [5.41, 5.74) is 2.59. The summed E-state index contributed by atoms with van der Waals surface area (Å²) in [5.74, 6) is -1.34. The molecule has 0 aliphatic rings. The van der Waals surface area contributed by atoms with E-state index in [1.807, 2.05) is 22.9 Å². The smallest absolute Gasteiger partial charge is 0.192 e. The Bertz CT molecular complexity index is 1130. The Morgan fingerprint density at radius 2 is 1.85 bits per heavy atom. The van der Waals surface area contributed by atoms with Crippen LogP contribution < -0.4 is 5.32 Å². The summed E-state index contributed by atoms with van der Waals surface area (Å²) in [5, 5.41) is 17.4. The van der Waals surface area contributed by atoms with Crippen LogP contribution in [0.5, 0.6) is 0 Å². The third-order valence-electron chi connectivity index (χ3n) is 6.35. The van der Waals surface area contributed by atoms with E-state index in [-0.39, 0.29) is 17.7 Å². The molecule has 34 heavy (non-hydrogen) atoms. The van der Waals surface area contributed by atoms with Crippen LogP contribution in [-0.4, -0.2) is 34.3 Å². The second-order valence-electron chi connectivity index (χ2n) is 9.95. The molecule has 3 aromatic rings. The summed E-state index contributed by atoms with van der Waals surface area (Å²) >= 11 is 0. The van der Waals surface area contributed by atoms with Gasteiger partial charge < -0.3 is 14.8 Å². The second-order valence-corrected chi connectivity index (χ2v) is 14.7. The number of nitrogens with zero attached hydrogens (tertiary/aromatic N) is 3. The summed E-state index contributed by atoms with van der Waals surface area (Å²) < 4.78 is 35.6. The van der Waals surface area contributed by atoms with E-state index in [4.69, 9.17) is 9.52 Å². The van der Waals surface area contributed by atoms with Crippen LogP contribution >= 0.6 is 0 Å². The van der Waals surface area contributed by atoms with Gasteiger partial charge in [0.05, 0.1) is 30.6 Å². The molecule has 184 valence electrons. The minimum Gasteiger partial charge on any atom is -0.412 e. The fraction of sp³-hybridized carbons (Fsp3) is 0.440. The van der Waals surface area contributed by atoms with E-state index in [0.717, 1.165) is 29.8 Å². The third kappa shape index (κ3) is 6.08. The van der Waals surface area contributed by atoms with Gasteiger partial charge in [0.25, 0.3) is 0 Å². The molecule has 3 rings (SSSR count). The predicted molar refractivity (Wildman–Crippen MR) is 133 cm³/mol. The van der Waals surface area contributed by atoms with Crippen LogP contribution in [0, 0.1) is 11.6 Å². The number of halogens is 2. The number of aromatic nitrogens is 3. The molecule has 2 N–H and O–H groups in total. The molecule has 0 fully saturated rings. The Hall–Kier alpha value is -2.62. The lowest BCUT2D eigenvalue weighted by molar-refractivity contribution is 0.153. The largest absolute Gasteiger partial charge is 0.412 e. The van der Waals surface area contributed by atoms with Crippen molar-refractivity contribution in [1.82, 2.24) is 14.8 Å². The number of benzene rings is 1. The molecule has 0 amide bonds. The predicted octanol–water partition coefficient (Wildman–Crippen LogP) is 6.26. The molecular weight excluding hydrogens is 454 g/mol. The van der Waals surface area contributed by atoms with E-state index < -0.39 is 20.0 Å². The van der Waals surface area contributed by atoms with Crippen LogP contribution in [0.1, 0.15) is 39.8 Å². The van der Waals surface area contributed by atoms with Crippen LogP contribution in [0.3, 0.4) is 0 Å². The highest BCUT2D eigenvalue weighted by molar-refractivity contribution is 6.74. The number of pyridine rings is 1. The van der Waals surface area contributed by atoms with Gasteiger partial charge in [-0.3, -0.25) is 9.67 Å². The van der Waals surface area contributed by atoms with Crippen LogP contribution in [0.25, 0.3) is 11.3 Å². The van der Waals surface area contributed by atoms with E-state index in [0.29, 0.717) is 23.7 Å². The molecule has 1 aromatic carbocycles. The molecule has 0 radical (unpaired) electrons. The zero-order valence-electron chi connectivity index (χ0n) is 20.7. The first kappa shape index (κ1) is 26.0. The number of aliphatic hydroxyl groups is 1. The van der Waals surface area contributed by atoms with Gasteiger partial charge in [0.2, 0.25) is 0 Å². The average molecular weight is 489 g/mol. The van der Waals surface area contributed by atoms with Gasteiger partial charge in [-0.05, 0) is 48.8 Å². The van der Waals surface area contributed by atoms with Gasteiger partial charge in [-0.1, -0.05) is 27.7 Å². The summed E-state index contributed by atoms with van der Waals surface area (Å²) in [4.78, 5) is 4.17. The lowest BCUT2D eigenvalue weighted by atomic mass is 10.1. The Morgan fingerprint density at radius 3 is 2.47 bits per heavy atom. The van der Waals surface area contributed by atoms with Gasteiger partial charge in [-0.15, -0.1) is 0 Å². The van der Waals surface area contributed by atoms with Crippen molar-refractivity contribution in [3.05, 3.63) is 59.9 Å². The summed E-state index contributed by atoms with van der Waals surface area (Å²) in [6.45, 7) is 13.5.